The van der Waals surface area contributed by atoms with Gasteiger partial charge in [0, 0.05) is 30.1 Å². The Labute approximate surface area is 235 Å². The lowest BCUT2D eigenvalue weighted by Crippen LogP contribution is -2.38. The van der Waals surface area contributed by atoms with Gasteiger partial charge in [0.25, 0.3) is 11.8 Å². The van der Waals surface area contributed by atoms with Crippen LogP contribution in [0.3, 0.4) is 0 Å². The van der Waals surface area contributed by atoms with Crippen molar-refractivity contribution >= 4 is 35.3 Å². The number of fused-ring (bicyclic) bond motifs is 1. The Balaban J connectivity index is 1.26. The lowest BCUT2D eigenvalue weighted by atomic mass is 10.0. The van der Waals surface area contributed by atoms with E-state index in [-0.39, 0.29) is 11.8 Å². The monoisotopic (exact) mass is 541 g/mol. The molecule has 1 saturated heterocycles. The van der Waals surface area contributed by atoms with E-state index in [9.17, 15) is 9.59 Å². The van der Waals surface area contributed by atoms with Gasteiger partial charge in [-0.25, -0.2) is 0 Å². The number of carbonyl (C=O) groups excluding carboxylic acids is 2. The van der Waals surface area contributed by atoms with Gasteiger partial charge in [-0.15, -0.1) is 0 Å². The van der Waals surface area contributed by atoms with Gasteiger partial charge in [0.1, 0.15) is 0 Å². The van der Waals surface area contributed by atoms with Crippen LogP contribution in [0.2, 0.25) is 0 Å². The number of thioether (sulfide) groups is 1. The molecule has 0 unspecified atom stereocenters. The van der Waals surface area contributed by atoms with Crippen molar-refractivity contribution in [1.82, 2.24) is 10.2 Å². The maximum atomic E-state index is 13.7. The van der Waals surface area contributed by atoms with E-state index in [0.717, 1.165) is 61.0 Å². The molecule has 39 heavy (non-hydrogen) atoms. The number of carbonyl (C=O) groups is 2. The number of nitrogens with one attached hydrogen (secondary N) is 1. The zero-order valence-corrected chi connectivity index (χ0v) is 23.4. The Bertz CT molecular complexity index is 1360. The second-order valence-electron chi connectivity index (χ2n) is 10.1. The number of para-hydroxylation sites is 1. The molecule has 0 bridgehead atoms. The number of anilines is 1. The van der Waals surface area contributed by atoms with Gasteiger partial charge in [0.2, 0.25) is 0 Å². The highest BCUT2D eigenvalue weighted by atomic mass is 32.2. The molecule has 7 heteroatoms. The van der Waals surface area contributed by atoms with Gasteiger partial charge in [-0.2, -0.15) is 0 Å². The smallest absolute Gasteiger partial charge is 0.265 e. The predicted molar refractivity (Wildman–Crippen MR) is 158 cm³/mol. The van der Waals surface area contributed by atoms with Crippen LogP contribution in [0.5, 0.6) is 0 Å². The van der Waals surface area contributed by atoms with E-state index in [1.54, 1.807) is 0 Å². The van der Waals surface area contributed by atoms with E-state index in [4.69, 9.17) is 4.74 Å². The third-order valence-electron chi connectivity index (χ3n) is 7.18. The first kappa shape index (κ1) is 27.2. The molecular weight excluding hydrogens is 506 g/mol. The lowest BCUT2D eigenvalue weighted by molar-refractivity contribution is -0.114. The number of nitrogens with zero attached hydrogens (tertiary/aromatic N) is 2. The van der Waals surface area contributed by atoms with Crippen molar-refractivity contribution in [1.29, 1.82) is 0 Å². The van der Waals surface area contributed by atoms with E-state index in [0.29, 0.717) is 23.6 Å². The lowest BCUT2D eigenvalue weighted by Gasteiger charge is -2.31. The van der Waals surface area contributed by atoms with Crippen LogP contribution in [0.1, 0.15) is 39.0 Å². The van der Waals surface area contributed by atoms with Crippen molar-refractivity contribution < 1.29 is 14.3 Å². The topological polar surface area (TPSA) is 61.9 Å². The van der Waals surface area contributed by atoms with Crippen molar-refractivity contribution in [3.63, 3.8) is 0 Å². The SMILES string of the molecule is Cc1ccc(C)c(CN2C(=O)/C(=C/c3ccc(C(=O)NCCCN4CCOCC4)cc3)Sc3ccccc32)c1. The number of rotatable bonds is 8. The molecule has 2 aliphatic rings. The van der Waals surface area contributed by atoms with E-state index in [1.165, 1.54) is 22.9 Å². The zero-order chi connectivity index (χ0) is 27.2. The van der Waals surface area contributed by atoms with E-state index < -0.39 is 0 Å². The maximum Gasteiger partial charge on any atom is 0.265 e. The normalized spacial score (nSPS) is 16.8. The average molecular weight is 542 g/mol. The van der Waals surface area contributed by atoms with Crippen LogP contribution in [-0.4, -0.2) is 56.1 Å². The summed E-state index contributed by atoms with van der Waals surface area (Å²) in [5.74, 6) is -0.0883. The van der Waals surface area contributed by atoms with Gasteiger partial charge >= 0.3 is 0 Å². The van der Waals surface area contributed by atoms with E-state index >= 15 is 0 Å². The molecule has 0 aromatic heterocycles. The van der Waals surface area contributed by atoms with Crippen LogP contribution in [-0.2, 0) is 16.1 Å². The number of morpholine rings is 1. The second-order valence-corrected chi connectivity index (χ2v) is 11.2. The van der Waals surface area contributed by atoms with Crippen LogP contribution in [0.25, 0.3) is 6.08 Å². The highest BCUT2D eigenvalue weighted by molar-refractivity contribution is 8.04. The highest BCUT2D eigenvalue weighted by Gasteiger charge is 2.29. The number of hydrogen-bond donors (Lipinski definition) is 1. The summed E-state index contributed by atoms with van der Waals surface area (Å²) in [4.78, 5) is 32.3. The fourth-order valence-corrected chi connectivity index (χ4v) is 5.93. The molecule has 5 rings (SSSR count). The van der Waals surface area contributed by atoms with Gasteiger partial charge < -0.3 is 15.0 Å². The first-order valence-corrected chi connectivity index (χ1v) is 14.3. The molecule has 1 fully saturated rings. The molecule has 2 aliphatic heterocycles. The summed E-state index contributed by atoms with van der Waals surface area (Å²) in [5.41, 5.74) is 5.94. The molecule has 2 amide bonds. The Hall–Kier alpha value is -3.39. The minimum absolute atomic E-state index is 0.0123. The number of aryl methyl sites for hydroxylation is 2. The number of benzene rings is 3. The fourth-order valence-electron chi connectivity index (χ4n) is 4.87. The summed E-state index contributed by atoms with van der Waals surface area (Å²) in [6.07, 6.45) is 2.83. The van der Waals surface area contributed by atoms with E-state index in [1.807, 2.05) is 53.4 Å². The van der Waals surface area contributed by atoms with Crippen LogP contribution in [0.4, 0.5) is 5.69 Å². The molecule has 0 radical (unpaired) electrons. The molecule has 6 nitrogen and oxygen atoms in total. The molecule has 0 saturated carbocycles. The Morgan fingerprint density at radius 3 is 2.59 bits per heavy atom. The summed E-state index contributed by atoms with van der Waals surface area (Å²) >= 11 is 1.50. The Kier molecular flexibility index (Phi) is 8.81. The standard InChI is InChI=1S/C32H35N3O3S/c1-23-8-9-24(2)27(20-23)22-35-28-6-3-4-7-29(28)39-30(32(35)37)21-25-10-12-26(13-11-25)31(36)33-14-5-15-34-16-18-38-19-17-34/h3-4,6-13,20-21H,5,14-19,22H2,1-2H3,(H,33,36)/b30-21-. The van der Waals surface area contributed by atoms with Crippen molar-refractivity contribution in [2.45, 2.75) is 31.7 Å². The van der Waals surface area contributed by atoms with Gasteiger partial charge in [0.05, 0.1) is 30.4 Å². The summed E-state index contributed by atoms with van der Waals surface area (Å²) < 4.78 is 5.38. The second kappa shape index (κ2) is 12.6. The first-order chi connectivity index (χ1) is 19.0. The third-order valence-corrected chi connectivity index (χ3v) is 8.25. The molecule has 202 valence electrons. The summed E-state index contributed by atoms with van der Waals surface area (Å²) in [6, 6.07) is 21.9. The summed E-state index contributed by atoms with van der Waals surface area (Å²) in [7, 11) is 0. The Morgan fingerprint density at radius 1 is 1.03 bits per heavy atom. The summed E-state index contributed by atoms with van der Waals surface area (Å²) in [5, 5.41) is 3.02. The minimum atomic E-state index is -0.0760. The maximum absolute atomic E-state index is 13.7. The molecular formula is C32H35N3O3S. The molecule has 0 atom stereocenters. The molecule has 3 aromatic carbocycles. The van der Waals surface area contributed by atoms with Crippen molar-refractivity contribution in [2.75, 3.05) is 44.3 Å². The average Bonchev–Trinajstić information content (AvgIpc) is 2.96. The van der Waals surface area contributed by atoms with Crippen LogP contribution in [0, 0.1) is 13.8 Å². The largest absolute Gasteiger partial charge is 0.379 e. The first-order valence-electron chi connectivity index (χ1n) is 13.5. The fraction of sp³-hybridized carbons (Fsp3) is 0.312. The van der Waals surface area contributed by atoms with Crippen LogP contribution >= 0.6 is 11.8 Å². The minimum Gasteiger partial charge on any atom is -0.379 e. The predicted octanol–water partition coefficient (Wildman–Crippen LogP) is 5.44. The third kappa shape index (κ3) is 6.79. The highest BCUT2D eigenvalue weighted by Crippen LogP contribution is 2.42. The Morgan fingerprint density at radius 2 is 1.79 bits per heavy atom. The quantitative estimate of drug-likeness (QED) is 0.304. The molecule has 0 aliphatic carbocycles. The van der Waals surface area contributed by atoms with Crippen LogP contribution in [0.15, 0.2) is 76.5 Å². The van der Waals surface area contributed by atoms with Crippen molar-refractivity contribution in [3.05, 3.63) is 99.5 Å². The van der Waals surface area contributed by atoms with Crippen LogP contribution < -0.4 is 10.2 Å². The van der Waals surface area contributed by atoms with Gasteiger partial charge in [-0.1, -0.05) is 59.8 Å². The van der Waals surface area contributed by atoms with E-state index in [2.05, 4.69) is 48.3 Å². The van der Waals surface area contributed by atoms with Gasteiger partial charge in [-0.3, -0.25) is 14.5 Å². The molecule has 1 N–H and O–H groups in total. The van der Waals surface area contributed by atoms with Crippen molar-refractivity contribution in [3.8, 4) is 0 Å². The number of ether oxygens (including phenoxy) is 1. The molecule has 0 spiro atoms. The van der Waals surface area contributed by atoms with Crippen molar-refractivity contribution in [2.24, 2.45) is 0 Å². The molecule has 2 heterocycles. The zero-order valence-electron chi connectivity index (χ0n) is 22.6. The van der Waals surface area contributed by atoms with Gasteiger partial charge in [-0.05, 0) is 73.8 Å². The number of hydrogen-bond acceptors (Lipinski definition) is 5. The summed E-state index contributed by atoms with van der Waals surface area (Å²) in [6.45, 7) is 9.78. The van der Waals surface area contributed by atoms with Gasteiger partial charge in [0.15, 0.2) is 0 Å². The number of amides is 2. The molecule has 3 aromatic rings.